The third kappa shape index (κ3) is 5.37. The molecule has 9 heteroatoms. The maximum Gasteiger partial charge on any atom is 0.306 e. The average molecular weight is 511 g/mol. The standard InChI is InChI=1S/C27H30N2O6S/c1-4-34-27(31)17-23(21-11-12-28(3)26(30)16-21)20-10-9-19(2)22(15-20)18-29-13-14-35-24-7-5-6-8-25(24)36(29,32)33/h5-12,15-16,23H,4,13-14,17-18H2,1-3H3. The molecule has 0 saturated heterocycles. The quantitative estimate of drug-likeness (QED) is 0.453. The maximum atomic E-state index is 13.4. The topological polar surface area (TPSA) is 94.9 Å². The highest BCUT2D eigenvalue weighted by molar-refractivity contribution is 7.89. The Morgan fingerprint density at radius 2 is 1.86 bits per heavy atom. The molecule has 3 aromatic rings. The van der Waals surface area contributed by atoms with Crippen LogP contribution in [0.2, 0.25) is 0 Å². The number of fused-ring (bicyclic) bond motifs is 1. The first kappa shape index (κ1) is 25.7. The molecule has 1 atom stereocenters. The lowest BCUT2D eigenvalue weighted by molar-refractivity contribution is -0.143. The molecule has 4 rings (SSSR count). The van der Waals surface area contributed by atoms with Crippen LogP contribution >= 0.6 is 0 Å². The summed E-state index contributed by atoms with van der Waals surface area (Å²) in [4.78, 5) is 24.9. The number of rotatable bonds is 7. The molecule has 36 heavy (non-hydrogen) atoms. The Morgan fingerprint density at radius 3 is 2.61 bits per heavy atom. The number of carbonyl (C=O) groups is 1. The second-order valence-electron chi connectivity index (χ2n) is 8.79. The number of esters is 1. The van der Waals surface area contributed by atoms with Crippen LogP contribution < -0.4 is 10.3 Å². The van der Waals surface area contributed by atoms with Crippen molar-refractivity contribution in [2.75, 3.05) is 19.8 Å². The van der Waals surface area contributed by atoms with Gasteiger partial charge in [-0.05, 0) is 54.3 Å². The Bertz CT molecular complexity index is 1430. The molecule has 1 aliphatic heterocycles. The average Bonchev–Trinajstić information content (AvgIpc) is 2.97. The number of nitrogens with zero attached hydrogens (tertiary/aromatic N) is 2. The van der Waals surface area contributed by atoms with Gasteiger partial charge in [-0.1, -0.05) is 30.3 Å². The van der Waals surface area contributed by atoms with Gasteiger partial charge >= 0.3 is 5.97 Å². The molecule has 0 radical (unpaired) electrons. The summed E-state index contributed by atoms with van der Waals surface area (Å²) >= 11 is 0. The van der Waals surface area contributed by atoms with E-state index in [4.69, 9.17) is 9.47 Å². The van der Waals surface area contributed by atoms with Crippen molar-refractivity contribution in [1.82, 2.24) is 8.87 Å². The van der Waals surface area contributed by atoms with Gasteiger partial charge in [-0.15, -0.1) is 0 Å². The van der Waals surface area contributed by atoms with Crippen molar-refractivity contribution >= 4 is 16.0 Å². The SMILES string of the molecule is CCOC(=O)CC(c1ccc(C)c(CN2CCOc3ccccc3S2(=O)=O)c1)c1ccn(C)c(=O)c1. The van der Waals surface area contributed by atoms with Crippen LogP contribution in [0.5, 0.6) is 5.75 Å². The molecule has 2 heterocycles. The van der Waals surface area contributed by atoms with Gasteiger partial charge < -0.3 is 14.0 Å². The Labute approximate surface area is 211 Å². The molecule has 0 aliphatic carbocycles. The Morgan fingerprint density at radius 1 is 1.11 bits per heavy atom. The molecule has 1 aromatic heterocycles. The van der Waals surface area contributed by atoms with E-state index in [1.54, 1.807) is 44.4 Å². The predicted octanol–water partition coefficient (Wildman–Crippen LogP) is 3.36. The highest BCUT2D eigenvalue weighted by Gasteiger charge is 2.31. The first-order valence-corrected chi connectivity index (χ1v) is 13.3. The normalized spacial score (nSPS) is 15.9. The third-order valence-electron chi connectivity index (χ3n) is 6.39. The van der Waals surface area contributed by atoms with Crippen molar-refractivity contribution in [2.24, 2.45) is 7.05 Å². The summed E-state index contributed by atoms with van der Waals surface area (Å²) in [5, 5.41) is 0. The van der Waals surface area contributed by atoms with E-state index in [0.717, 1.165) is 16.7 Å². The van der Waals surface area contributed by atoms with Crippen molar-refractivity contribution in [3.8, 4) is 5.75 Å². The Balaban J connectivity index is 1.71. The summed E-state index contributed by atoms with van der Waals surface area (Å²) in [5.74, 6) is -0.429. The molecule has 1 aliphatic rings. The first-order chi connectivity index (χ1) is 17.2. The molecule has 0 fully saturated rings. The van der Waals surface area contributed by atoms with Gasteiger partial charge in [0.15, 0.2) is 0 Å². The van der Waals surface area contributed by atoms with Gasteiger partial charge in [0.25, 0.3) is 5.56 Å². The number of sulfonamides is 1. The monoisotopic (exact) mass is 510 g/mol. The van der Waals surface area contributed by atoms with Gasteiger partial charge in [-0.25, -0.2) is 8.42 Å². The minimum atomic E-state index is -3.77. The van der Waals surface area contributed by atoms with Crippen LogP contribution in [0.1, 0.15) is 41.5 Å². The van der Waals surface area contributed by atoms with E-state index < -0.39 is 15.9 Å². The van der Waals surface area contributed by atoms with E-state index in [1.165, 1.54) is 14.9 Å². The van der Waals surface area contributed by atoms with Gasteiger partial charge in [0, 0.05) is 38.3 Å². The van der Waals surface area contributed by atoms with Crippen LogP contribution in [0.4, 0.5) is 0 Å². The zero-order chi connectivity index (χ0) is 25.9. The highest BCUT2D eigenvalue weighted by atomic mass is 32.2. The van der Waals surface area contributed by atoms with Crippen LogP contribution in [0.3, 0.4) is 0 Å². The van der Waals surface area contributed by atoms with E-state index in [-0.39, 0.29) is 49.1 Å². The smallest absolute Gasteiger partial charge is 0.306 e. The Kier molecular flexibility index (Phi) is 7.61. The summed E-state index contributed by atoms with van der Waals surface area (Å²) < 4.78 is 40.6. The number of ether oxygens (including phenoxy) is 2. The fraction of sp³-hybridized carbons (Fsp3) is 0.333. The van der Waals surface area contributed by atoms with E-state index >= 15 is 0 Å². The minimum absolute atomic E-state index is 0.0622. The van der Waals surface area contributed by atoms with Gasteiger partial charge in [0.1, 0.15) is 17.3 Å². The number of hydrogen-bond donors (Lipinski definition) is 0. The molecule has 0 N–H and O–H groups in total. The van der Waals surface area contributed by atoms with Gasteiger partial charge in [-0.3, -0.25) is 9.59 Å². The van der Waals surface area contributed by atoms with Crippen LogP contribution in [0.25, 0.3) is 0 Å². The number of carbonyl (C=O) groups excluding carboxylic acids is 1. The number of hydrogen-bond acceptors (Lipinski definition) is 6. The second-order valence-corrected chi connectivity index (χ2v) is 10.7. The lowest BCUT2D eigenvalue weighted by Gasteiger charge is -2.23. The van der Waals surface area contributed by atoms with Crippen molar-refractivity contribution in [3.63, 3.8) is 0 Å². The maximum absolute atomic E-state index is 13.4. The van der Waals surface area contributed by atoms with E-state index in [9.17, 15) is 18.0 Å². The first-order valence-electron chi connectivity index (χ1n) is 11.8. The molecule has 0 saturated carbocycles. The summed E-state index contributed by atoms with van der Waals surface area (Å²) in [7, 11) is -2.10. The van der Waals surface area contributed by atoms with Crippen molar-refractivity contribution in [3.05, 3.63) is 93.4 Å². The van der Waals surface area contributed by atoms with Gasteiger partial charge in [0.2, 0.25) is 10.0 Å². The molecular formula is C27H30N2O6S. The van der Waals surface area contributed by atoms with Gasteiger partial charge in [-0.2, -0.15) is 4.31 Å². The largest absolute Gasteiger partial charge is 0.491 e. The summed E-state index contributed by atoms with van der Waals surface area (Å²) in [5.41, 5.74) is 3.06. The number of para-hydroxylation sites is 1. The van der Waals surface area contributed by atoms with E-state index in [1.807, 2.05) is 31.2 Å². The zero-order valence-corrected chi connectivity index (χ0v) is 21.5. The zero-order valence-electron chi connectivity index (χ0n) is 20.6. The molecule has 8 nitrogen and oxygen atoms in total. The van der Waals surface area contributed by atoms with Crippen LogP contribution in [0, 0.1) is 6.92 Å². The number of aromatic nitrogens is 1. The lowest BCUT2D eigenvalue weighted by Crippen LogP contribution is -2.32. The fourth-order valence-corrected chi connectivity index (χ4v) is 5.86. The lowest BCUT2D eigenvalue weighted by atomic mass is 9.87. The fourth-order valence-electron chi connectivity index (χ4n) is 4.33. The van der Waals surface area contributed by atoms with Crippen LogP contribution in [0.15, 0.2) is 70.5 Å². The molecule has 0 amide bonds. The molecule has 190 valence electrons. The second kappa shape index (κ2) is 10.7. The van der Waals surface area contributed by atoms with Crippen molar-refractivity contribution in [1.29, 1.82) is 0 Å². The predicted molar refractivity (Wildman–Crippen MR) is 135 cm³/mol. The summed E-state index contributed by atoms with van der Waals surface area (Å²) in [6.07, 6.45) is 1.74. The van der Waals surface area contributed by atoms with Crippen molar-refractivity contribution in [2.45, 2.75) is 37.6 Å². The third-order valence-corrected chi connectivity index (χ3v) is 8.28. The highest BCUT2D eigenvalue weighted by Crippen LogP contribution is 2.32. The molecular weight excluding hydrogens is 480 g/mol. The van der Waals surface area contributed by atoms with Crippen LogP contribution in [-0.2, 0) is 33.1 Å². The van der Waals surface area contributed by atoms with E-state index in [0.29, 0.717) is 11.3 Å². The molecule has 1 unspecified atom stereocenters. The van der Waals surface area contributed by atoms with Gasteiger partial charge in [0.05, 0.1) is 13.0 Å². The Hall–Kier alpha value is -3.43. The number of pyridine rings is 1. The number of aryl methyl sites for hydroxylation is 2. The molecule has 0 bridgehead atoms. The summed E-state index contributed by atoms with van der Waals surface area (Å²) in [6, 6.07) is 15.7. The van der Waals surface area contributed by atoms with Crippen molar-refractivity contribution < 1.29 is 22.7 Å². The summed E-state index contributed by atoms with van der Waals surface area (Å²) in [6.45, 7) is 4.54. The minimum Gasteiger partial charge on any atom is -0.491 e. The van der Waals surface area contributed by atoms with Crippen LogP contribution in [-0.4, -0.2) is 43.0 Å². The number of benzene rings is 2. The molecule has 0 spiro atoms. The van der Waals surface area contributed by atoms with E-state index in [2.05, 4.69) is 0 Å². The molecule has 2 aromatic carbocycles.